The number of aromatic nitrogens is 1. The third-order valence-electron chi connectivity index (χ3n) is 9.92. The lowest BCUT2D eigenvalue weighted by Crippen LogP contribution is -2.60. The van der Waals surface area contributed by atoms with Crippen LogP contribution in [0.2, 0.25) is 0 Å². The summed E-state index contributed by atoms with van der Waals surface area (Å²) in [5.74, 6) is -2.97. The zero-order chi connectivity index (χ0) is 35.3. The van der Waals surface area contributed by atoms with Gasteiger partial charge >= 0.3 is 0 Å². The minimum atomic E-state index is -3.89. The quantitative estimate of drug-likeness (QED) is 0.243. The Balaban J connectivity index is 1.24. The molecule has 13 nitrogen and oxygen atoms in total. The smallest absolute Gasteiger partial charge is 0.270 e. The largest absolute Gasteiger partial charge is 0.346 e. The molecule has 0 bridgehead atoms. The molecule has 1 aliphatic heterocycles. The van der Waals surface area contributed by atoms with Crippen molar-refractivity contribution in [1.82, 2.24) is 30.6 Å². The predicted molar refractivity (Wildman–Crippen MR) is 181 cm³/mol. The van der Waals surface area contributed by atoms with Crippen molar-refractivity contribution in [2.45, 2.75) is 94.6 Å². The fourth-order valence-electron chi connectivity index (χ4n) is 6.54. The van der Waals surface area contributed by atoms with E-state index in [9.17, 15) is 32.4 Å². The van der Waals surface area contributed by atoms with Gasteiger partial charge in [0.15, 0.2) is 0 Å². The van der Waals surface area contributed by atoms with Crippen LogP contribution >= 0.6 is 0 Å². The van der Waals surface area contributed by atoms with Gasteiger partial charge in [-0.15, -0.1) is 6.58 Å². The molecule has 4 aliphatic rings. The van der Waals surface area contributed by atoms with Crippen LogP contribution in [0.1, 0.15) is 76.2 Å². The molecule has 0 radical (unpaired) electrons. The van der Waals surface area contributed by atoms with Gasteiger partial charge in [0.1, 0.15) is 23.3 Å². The number of likely N-dealkylation sites (tertiary alicyclic amines) is 1. The number of carbonyl (C=O) groups is 5. The number of benzene rings is 1. The zero-order valence-electron chi connectivity index (χ0n) is 28.0. The maximum Gasteiger partial charge on any atom is 0.270 e. The van der Waals surface area contributed by atoms with E-state index in [0.717, 1.165) is 23.6 Å². The van der Waals surface area contributed by atoms with Crippen LogP contribution in [0.25, 0.3) is 10.8 Å². The molecule has 5 amide bonds. The highest BCUT2D eigenvalue weighted by Crippen LogP contribution is 2.45. The van der Waals surface area contributed by atoms with Gasteiger partial charge in [0.2, 0.25) is 27.7 Å². The number of hydrogen-bond acceptors (Lipinski definition) is 8. The fourth-order valence-corrected chi connectivity index (χ4v) is 7.90. The lowest BCUT2D eigenvalue weighted by atomic mass is 9.85. The summed E-state index contributed by atoms with van der Waals surface area (Å²) in [6, 6.07) is 6.36. The summed E-state index contributed by atoms with van der Waals surface area (Å²) in [4.78, 5) is 73.8. The molecule has 1 aromatic heterocycles. The van der Waals surface area contributed by atoms with Crippen molar-refractivity contribution in [2.24, 2.45) is 17.3 Å². The van der Waals surface area contributed by atoms with Crippen molar-refractivity contribution in [1.29, 1.82) is 0 Å². The van der Waals surface area contributed by atoms with Crippen LogP contribution in [0, 0.1) is 17.3 Å². The Morgan fingerprint density at radius 1 is 1.08 bits per heavy atom. The van der Waals surface area contributed by atoms with Crippen molar-refractivity contribution >= 4 is 50.3 Å². The van der Waals surface area contributed by atoms with Gasteiger partial charge in [0, 0.05) is 36.5 Å². The van der Waals surface area contributed by atoms with Gasteiger partial charge in [0.25, 0.3) is 11.8 Å². The molecule has 49 heavy (non-hydrogen) atoms. The Morgan fingerprint density at radius 3 is 2.39 bits per heavy atom. The second-order valence-corrected chi connectivity index (χ2v) is 17.0. The molecule has 262 valence electrons. The summed E-state index contributed by atoms with van der Waals surface area (Å²) in [5, 5.41) is 9.63. The maximum absolute atomic E-state index is 14.3. The monoisotopic (exact) mass is 692 g/mol. The average molecular weight is 693 g/mol. The highest BCUT2D eigenvalue weighted by atomic mass is 32.2. The lowest BCUT2D eigenvalue weighted by molar-refractivity contribution is -0.144. The summed E-state index contributed by atoms with van der Waals surface area (Å²) in [7, 11) is -3.89. The van der Waals surface area contributed by atoms with Crippen LogP contribution < -0.4 is 20.7 Å². The highest BCUT2D eigenvalue weighted by molar-refractivity contribution is 7.91. The zero-order valence-corrected chi connectivity index (χ0v) is 28.8. The standard InChI is InChI=1S/C35H44N6O7S/c1-5-23-17-35(23,33(46)40-49(47,48)25-12-13-25)39-31(44)27-16-24(37-30(43)26-15-21-8-6-7-9-22(21)18-36-26)19-41(27)32(45)29(34(2,3)4)38-28(42)14-20-10-11-20/h5-9,15,18,20,23-25,27,29H,1,10-14,16-17,19H2,2-4H3,(H,37,43)(H,38,42)(H,39,44)(H,40,46)/t23?,24-,27+,29-,35?/m1/s1. The first-order chi connectivity index (χ1) is 23.1. The molecule has 4 fully saturated rings. The topological polar surface area (TPSA) is 184 Å². The van der Waals surface area contributed by atoms with Crippen LogP contribution in [0.3, 0.4) is 0 Å². The maximum atomic E-state index is 14.3. The Hall–Kier alpha value is -4.33. The molecular formula is C35H44N6O7S. The third-order valence-corrected chi connectivity index (χ3v) is 11.7. The molecule has 4 N–H and O–H groups in total. The van der Waals surface area contributed by atoms with Crippen molar-refractivity contribution < 1.29 is 32.4 Å². The van der Waals surface area contributed by atoms with E-state index in [1.54, 1.807) is 12.3 Å². The second-order valence-electron chi connectivity index (χ2n) is 15.0. The molecule has 3 aliphatic carbocycles. The number of rotatable bonds is 12. The van der Waals surface area contributed by atoms with Crippen LogP contribution in [0.4, 0.5) is 0 Å². The molecule has 6 rings (SSSR count). The Labute approximate surface area is 286 Å². The normalized spacial score (nSPS) is 25.6. The third kappa shape index (κ3) is 7.48. The number of sulfonamides is 1. The number of hydrogen-bond donors (Lipinski definition) is 4. The average Bonchev–Trinajstić information content (AvgIpc) is 3.94. The Bertz CT molecular complexity index is 1820. The first-order valence-electron chi connectivity index (χ1n) is 16.9. The van der Waals surface area contributed by atoms with Crippen LogP contribution in [0.15, 0.2) is 49.2 Å². The van der Waals surface area contributed by atoms with E-state index >= 15 is 0 Å². The van der Waals surface area contributed by atoms with Crippen molar-refractivity contribution in [2.75, 3.05) is 6.54 Å². The van der Waals surface area contributed by atoms with Gasteiger partial charge in [-0.1, -0.05) is 51.1 Å². The van der Waals surface area contributed by atoms with E-state index < -0.39 is 73.9 Å². The molecule has 14 heteroatoms. The minimum Gasteiger partial charge on any atom is -0.346 e. The van der Waals surface area contributed by atoms with Crippen LogP contribution in [0.5, 0.6) is 0 Å². The van der Waals surface area contributed by atoms with E-state index in [1.807, 2.05) is 45.0 Å². The van der Waals surface area contributed by atoms with Gasteiger partial charge in [-0.2, -0.15) is 0 Å². The molecule has 5 atom stereocenters. The molecular weight excluding hydrogens is 648 g/mol. The first-order valence-corrected chi connectivity index (χ1v) is 18.4. The van der Waals surface area contributed by atoms with E-state index in [4.69, 9.17) is 0 Å². The highest BCUT2D eigenvalue weighted by Gasteiger charge is 2.62. The number of fused-ring (bicyclic) bond motifs is 1. The minimum absolute atomic E-state index is 0.0145. The summed E-state index contributed by atoms with van der Waals surface area (Å²) in [6.07, 6.45) is 6.41. The van der Waals surface area contributed by atoms with Gasteiger partial charge in [-0.25, -0.2) is 8.42 Å². The van der Waals surface area contributed by atoms with Gasteiger partial charge in [-0.05, 0) is 61.3 Å². The van der Waals surface area contributed by atoms with Crippen LogP contribution in [-0.4, -0.2) is 83.3 Å². The molecule has 3 saturated carbocycles. The first kappa shape index (κ1) is 34.5. The van der Waals surface area contributed by atoms with Crippen LogP contribution in [-0.2, 0) is 29.2 Å². The summed E-state index contributed by atoms with van der Waals surface area (Å²) in [6.45, 7) is 9.17. The Morgan fingerprint density at radius 2 is 1.78 bits per heavy atom. The SMILES string of the molecule is C=CC1CC1(NC(=O)[C@@H]1C[C@@H](NC(=O)c2cc3ccccc3cn2)CN1C(=O)[C@@H](NC(=O)CC1CC1)C(C)(C)C)C(=O)NS(=O)(=O)C1CC1. The van der Waals surface area contributed by atoms with Gasteiger partial charge in [0.05, 0.1) is 5.25 Å². The Kier molecular flexibility index (Phi) is 9.05. The second kappa shape index (κ2) is 12.8. The molecule has 2 heterocycles. The van der Waals surface area contributed by atoms with E-state index in [2.05, 4.69) is 32.2 Å². The molecule has 1 saturated heterocycles. The number of carbonyl (C=O) groups excluding carboxylic acids is 5. The molecule has 1 aromatic carbocycles. The van der Waals surface area contributed by atoms with E-state index in [1.165, 1.54) is 11.0 Å². The fraction of sp³-hybridized carbons (Fsp3) is 0.543. The summed E-state index contributed by atoms with van der Waals surface area (Å²) in [5.41, 5.74) is -2.10. The van der Waals surface area contributed by atoms with E-state index in [0.29, 0.717) is 25.2 Å². The number of pyridine rings is 1. The molecule has 0 spiro atoms. The lowest BCUT2D eigenvalue weighted by Gasteiger charge is -2.35. The molecule has 2 aromatic rings. The van der Waals surface area contributed by atoms with E-state index in [-0.39, 0.29) is 31.0 Å². The van der Waals surface area contributed by atoms with Crippen molar-refractivity contribution in [3.05, 3.63) is 54.9 Å². The number of amides is 5. The molecule has 2 unspecified atom stereocenters. The summed E-state index contributed by atoms with van der Waals surface area (Å²) < 4.78 is 27.4. The number of nitrogens with zero attached hydrogens (tertiary/aromatic N) is 2. The van der Waals surface area contributed by atoms with Crippen molar-refractivity contribution in [3.63, 3.8) is 0 Å². The summed E-state index contributed by atoms with van der Waals surface area (Å²) >= 11 is 0. The predicted octanol–water partition coefficient (Wildman–Crippen LogP) is 1.93. The van der Waals surface area contributed by atoms with Gasteiger partial charge < -0.3 is 20.9 Å². The van der Waals surface area contributed by atoms with Crippen molar-refractivity contribution in [3.8, 4) is 0 Å². The van der Waals surface area contributed by atoms with Gasteiger partial charge in [-0.3, -0.25) is 33.7 Å². The number of nitrogens with one attached hydrogen (secondary N) is 4.